The Morgan fingerprint density at radius 2 is 2.28 bits per heavy atom. The van der Waals surface area contributed by atoms with Crippen LogP contribution in [0, 0.1) is 5.92 Å². The number of Topliss-reactive ketones (excluding diaryl/α,β-unsaturated/α-hetero) is 1. The molecule has 1 saturated carbocycles. The number of hydrogen-bond donors (Lipinski definition) is 0. The highest BCUT2D eigenvalue weighted by molar-refractivity contribution is 9.11. The van der Waals surface area contributed by atoms with E-state index >= 15 is 0 Å². The lowest BCUT2D eigenvalue weighted by molar-refractivity contribution is -0.123. The molecule has 1 aromatic heterocycles. The zero-order chi connectivity index (χ0) is 13.0. The van der Waals surface area contributed by atoms with Gasteiger partial charge in [0.2, 0.25) is 0 Å². The molecule has 2 nitrogen and oxygen atoms in total. The summed E-state index contributed by atoms with van der Waals surface area (Å²) in [5.74, 6) is 0.741. The van der Waals surface area contributed by atoms with Crippen LogP contribution < -0.4 is 0 Å². The number of carbonyl (C=O) groups is 1. The van der Waals surface area contributed by atoms with E-state index in [4.69, 9.17) is 0 Å². The lowest BCUT2D eigenvalue weighted by atomic mass is 9.98. The highest BCUT2D eigenvalue weighted by Crippen LogP contribution is 2.23. The average molecular weight is 330 g/mol. The Morgan fingerprint density at radius 1 is 1.44 bits per heavy atom. The molecule has 100 valence electrons. The van der Waals surface area contributed by atoms with Crippen LogP contribution in [0.2, 0.25) is 0 Å². The highest BCUT2D eigenvalue weighted by atomic mass is 79.9. The molecule has 1 atom stereocenters. The van der Waals surface area contributed by atoms with Crippen molar-refractivity contribution >= 4 is 33.0 Å². The summed E-state index contributed by atoms with van der Waals surface area (Å²) in [4.78, 5) is 14.3. The molecule has 1 unspecified atom stereocenters. The van der Waals surface area contributed by atoms with Crippen LogP contribution in [0.1, 0.15) is 37.7 Å². The second-order valence-corrected chi connectivity index (χ2v) is 7.51. The minimum absolute atomic E-state index is 0.263. The fourth-order valence-corrected chi connectivity index (χ4v) is 3.81. The molecule has 18 heavy (non-hydrogen) atoms. The molecule has 0 N–H and O–H groups in total. The topological polar surface area (TPSA) is 20.3 Å². The van der Waals surface area contributed by atoms with E-state index < -0.39 is 0 Å². The van der Waals surface area contributed by atoms with Gasteiger partial charge in [0.1, 0.15) is 5.78 Å². The monoisotopic (exact) mass is 329 g/mol. The van der Waals surface area contributed by atoms with Gasteiger partial charge in [0.25, 0.3) is 0 Å². The first-order valence-corrected chi connectivity index (χ1v) is 8.26. The number of rotatable bonds is 4. The van der Waals surface area contributed by atoms with E-state index in [1.54, 1.807) is 11.3 Å². The predicted octanol–water partition coefficient (Wildman–Crippen LogP) is 4.09. The van der Waals surface area contributed by atoms with E-state index in [0.29, 0.717) is 5.78 Å². The maximum atomic E-state index is 12.0. The van der Waals surface area contributed by atoms with Gasteiger partial charge in [-0.15, -0.1) is 11.3 Å². The SMILES string of the molecule is CN(Cc1csc(Br)c1)CC1CCCCCC1=O. The van der Waals surface area contributed by atoms with E-state index in [1.807, 2.05) is 0 Å². The van der Waals surface area contributed by atoms with Crippen LogP contribution in [-0.4, -0.2) is 24.3 Å². The first-order chi connectivity index (χ1) is 8.65. The number of nitrogens with zero attached hydrogens (tertiary/aromatic N) is 1. The van der Waals surface area contributed by atoms with Gasteiger partial charge in [-0.3, -0.25) is 4.79 Å². The van der Waals surface area contributed by atoms with E-state index in [0.717, 1.165) is 32.4 Å². The summed E-state index contributed by atoms with van der Waals surface area (Å²) in [6.45, 7) is 1.85. The number of hydrogen-bond acceptors (Lipinski definition) is 3. The molecule has 1 aromatic rings. The summed E-state index contributed by atoms with van der Waals surface area (Å²) in [6.07, 6.45) is 5.41. The summed E-state index contributed by atoms with van der Waals surface area (Å²) in [7, 11) is 2.11. The van der Waals surface area contributed by atoms with Crippen LogP contribution in [-0.2, 0) is 11.3 Å². The molecule has 0 spiro atoms. The van der Waals surface area contributed by atoms with Gasteiger partial charge in [0, 0.05) is 25.4 Å². The van der Waals surface area contributed by atoms with Crippen molar-refractivity contribution in [1.82, 2.24) is 4.90 Å². The molecule has 0 amide bonds. The normalized spacial score (nSPS) is 21.3. The Hall–Kier alpha value is -0.190. The lowest BCUT2D eigenvalue weighted by Crippen LogP contribution is -2.29. The number of ketones is 1. The van der Waals surface area contributed by atoms with Crippen LogP contribution in [0.4, 0.5) is 0 Å². The first kappa shape index (κ1) is 14.2. The third-order valence-corrected chi connectivity index (χ3v) is 5.09. The molecule has 0 aliphatic heterocycles. The van der Waals surface area contributed by atoms with Crippen LogP contribution >= 0.6 is 27.3 Å². The third kappa shape index (κ3) is 4.18. The largest absolute Gasteiger partial charge is 0.301 e. The van der Waals surface area contributed by atoms with Crippen molar-refractivity contribution in [3.8, 4) is 0 Å². The summed E-state index contributed by atoms with van der Waals surface area (Å²) in [5, 5.41) is 2.18. The van der Waals surface area contributed by atoms with Gasteiger partial charge < -0.3 is 4.90 Å². The van der Waals surface area contributed by atoms with Crippen molar-refractivity contribution in [1.29, 1.82) is 0 Å². The molecule has 1 fully saturated rings. The third-order valence-electron chi connectivity index (χ3n) is 3.54. The Balaban J connectivity index is 1.85. The molecule has 0 aromatic carbocycles. The number of carbonyl (C=O) groups excluding carboxylic acids is 1. The van der Waals surface area contributed by atoms with Gasteiger partial charge in [0.15, 0.2) is 0 Å². The van der Waals surface area contributed by atoms with Crippen molar-refractivity contribution in [2.24, 2.45) is 5.92 Å². The summed E-state index contributed by atoms with van der Waals surface area (Å²) in [5.41, 5.74) is 1.33. The molecular formula is C14H20BrNOS. The molecule has 4 heteroatoms. The fraction of sp³-hybridized carbons (Fsp3) is 0.643. The lowest BCUT2D eigenvalue weighted by Gasteiger charge is -2.21. The highest BCUT2D eigenvalue weighted by Gasteiger charge is 2.22. The Labute approximate surface area is 122 Å². The molecule has 0 radical (unpaired) electrons. The fourth-order valence-electron chi connectivity index (χ4n) is 2.61. The van der Waals surface area contributed by atoms with E-state index in [-0.39, 0.29) is 5.92 Å². The van der Waals surface area contributed by atoms with Crippen LogP contribution in [0.5, 0.6) is 0 Å². The Morgan fingerprint density at radius 3 is 3.00 bits per heavy atom. The van der Waals surface area contributed by atoms with Crippen molar-refractivity contribution in [2.45, 2.75) is 38.6 Å². The standard InChI is InChI=1S/C14H20BrNOS/c1-16(8-11-7-14(15)18-10-11)9-12-5-3-2-4-6-13(12)17/h7,10,12H,2-6,8-9H2,1H3. The minimum atomic E-state index is 0.263. The van der Waals surface area contributed by atoms with Gasteiger partial charge in [-0.1, -0.05) is 12.8 Å². The van der Waals surface area contributed by atoms with E-state index in [1.165, 1.54) is 22.2 Å². The molecule has 0 saturated heterocycles. The van der Waals surface area contributed by atoms with Crippen molar-refractivity contribution < 1.29 is 4.79 Å². The van der Waals surface area contributed by atoms with Crippen molar-refractivity contribution in [2.75, 3.05) is 13.6 Å². The predicted molar refractivity (Wildman–Crippen MR) is 79.9 cm³/mol. The molecule has 1 heterocycles. The molecule has 0 bridgehead atoms. The molecular weight excluding hydrogens is 310 g/mol. The van der Waals surface area contributed by atoms with Crippen LogP contribution in [0.3, 0.4) is 0 Å². The smallest absolute Gasteiger partial charge is 0.137 e. The molecule has 1 aliphatic carbocycles. The van der Waals surface area contributed by atoms with Gasteiger partial charge in [-0.05, 0) is 52.8 Å². The Kier molecular flexibility index (Phi) is 5.39. The van der Waals surface area contributed by atoms with Crippen LogP contribution in [0.25, 0.3) is 0 Å². The quantitative estimate of drug-likeness (QED) is 0.775. The molecule has 2 rings (SSSR count). The minimum Gasteiger partial charge on any atom is -0.301 e. The summed E-state index contributed by atoms with van der Waals surface area (Å²) in [6, 6.07) is 2.16. The number of thiophene rings is 1. The zero-order valence-corrected chi connectivity index (χ0v) is 13.2. The zero-order valence-electron chi connectivity index (χ0n) is 10.8. The van der Waals surface area contributed by atoms with E-state index in [9.17, 15) is 4.79 Å². The van der Waals surface area contributed by atoms with Gasteiger partial charge in [-0.25, -0.2) is 0 Å². The van der Waals surface area contributed by atoms with E-state index in [2.05, 4.69) is 39.3 Å². The second-order valence-electron chi connectivity index (χ2n) is 5.22. The summed E-state index contributed by atoms with van der Waals surface area (Å²) < 4.78 is 1.18. The van der Waals surface area contributed by atoms with Gasteiger partial charge >= 0.3 is 0 Å². The Bertz CT molecular complexity index is 404. The van der Waals surface area contributed by atoms with Gasteiger partial charge in [0.05, 0.1) is 3.79 Å². The second kappa shape index (κ2) is 6.83. The van der Waals surface area contributed by atoms with Gasteiger partial charge in [-0.2, -0.15) is 0 Å². The van der Waals surface area contributed by atoms with Crippen LogP contribution in [0.15, 0.2) is 15.2 Å². The van der Waals surface area contributed by atoms with Crippen molar-refractivity contribution in [3.05, 3.63) is 20.8 Å². The first-order valence-electron chi connectivity index (χ1n) is 6.59. The average Bonchev–Trinajstić information content (AvgIpc) is 2.61. The number of halogens is 1. The van der Waals surface area contributed by atoms with Crippen molar-refractivity contribution in [3.63, 3.8) is 0 Å². The maximum absolute atomic E-state index is 12.0. The maximum Gasteiger partial charge on any atom is 0.137 e. The molecule has 1 aliphatic rings. The summed E-state index contributed by atoms with van der Waals surface area (Å²) >= 11 is 5.21.